The molecule has 0 radical (unpaired) electrons. The summed E-state index contributed by atoms with van der Waals surface area (Å²) in [6.45, 7) is 8.63. The normalized spacial score (nSPS) is 11.1. The van der Waals surface area contributed by atoms with Gasteiger partial charge in [0.05, 0.1) is 6.61 Å². The first kappa shape index (κ1) is 29.8. The van der Waals surface area contributed by atoms with E-state index in [1.54, 1.807) is 28.3 Å². The molecule has 170 valence electrons. The molecular formula is C17H34O10Si2. The lowest BCUT2D eigenvalue weighted by atomic mass is 10.4. The van der Waals surface area contributed by atoms with E-state index in [0.29, 0.717) is 24.6 Å². The van der Waals surface area contributed by atoms with Crippen molar-refractivity contribution in [3.63, 3.8) is 0 Å². The topological polar surface area (TPSA) is 108 Å². The van der Waals surface area contributed by atoms with Crippen LogP contribution in [0.15, 0.2) is 24.8 Å². The van der Waals surface area contributed by atoms with Gasteiger partial charge in [-0.2, -0.15) is 0 Å². The summed E-state index contributed by atoms with van der Waals surface area (Å²) >= 11 is 0. The highest BCUT2D eigenvalue weighted by atomic mass is 28.4. The smallest absolute Gasteiger partial charge is 0.463 e. The average Bonchev–Trinajstić information content (AvgIpc) is 2.75. The van der Waals surface area contributed by atoms with Gasteiger partial charge in [0.25, 0.3) is 0 Å². The van der Waals surface area contributed by atoms with E-state index >= 15 is 0 Å². The SMILES string of the molecule is C=C(C)C(=O)OC[Si](OC)(OC)OC.C=CC(=O)OCCC[Si](OC)(OC)OC. The summed E-state index contributed by atoms with van der Waals surface area (Å²) < 4.78 is 40.5. The molecule has 0 bridgehead atoms. The molecule has 29 heavy (non-hydrogen) atoms. The zero-order chi connectivity index (χ0) is 22.9. The van der Waals surface area contributed by atoms with Crippen LogP contribution in [0.4, 0.5) is 0 Å². The first-order valence-corrected chi connectivity index (χ1v) is 12.4. The lowest BCUT2D eigenvalue weighted by molar-refractivity contribution is -0.139. The van der Waals surface area contributed by atoms with E-state index in [2.05, 4.69) is 13.2 Å². The van der Waals surface area contributed by atoms with Crippen LogP contribution < -0.4 is 0 Å². The van der Waals surface area contributed by atoms with E-state index in [1.165, 1.54) is 21.3 Å². The Bertz CT molecular complexity index is 488. The second-order valence-corrected chi connectivity index (χ2v) is 11.4. The maximum atomic E-state index is 11.1. The molecule has 0 aromatic carbocycles. The molecule has 0 unspecified atom stereocenters. The third-order valence-corrected chi connectivity index (χ3v) is 8.83. The molecule has 0 fully saturated rings. The lowest BCUT2D eigenvalue weighted by Gasteiger charge is -2.23. The minimum absolute atomic E-state index is 0.0117. The molecular weight excluding hydrogens is 420 g/mol. The number of hydrogen-bond acceptors (Lipinski definition) is 10. The second-order valence-electron chi connectivity index (χ2n) is 5.42. The van der Waals surface area contributed by atoms with Gasteiger partial charge in [-0.25, -0.2) is 9.59 Å². The van der Waals surface area contributed by atoms with Gasteiger partial charge in [0.2, 0.25) is 0 Å². The number of carbonyl (C=O) groups is 2. The number of hydrogen-bond donors (Lipinski definition) is 0. The largest absolute Gasteiger partial charge is 0.539 e. The Hall–Kier alpha value is -1.39. The Morgan fingerprint density at radius 2 is 1.28 bits per heavy atom. The summed E-state index contributed by atoms with van der Waals surface area (Å²) in [6.07, 6.45) is 1.76. The molecule has 0 aliphatic carbocycles. The fraction of sp³-hybridized carbons (Fsp3) is 0.647. The minimum atomic E-state index is -2.81. The van der Waals surface area contributed by atoms with Crippen molar-refractivity contribution in [1.82, 2.24) is 0 Å². The van der Waals surface area contributed by atoms with Crippen molar-refractivity contribution in [2.45, 2.75) is 19.4 Å². The highest BCUT2D eigenvalue weighted by Crippen LogP contribution is 2.14. The van der Waals surface area contributed by atoms with E-state index in [9.17, 15) is 9.59 Å². The van der Waals surface area contributed by atoms with Crippen LogP contribution in [0.1, 0.15) is 13.3 Å². The zero-order valence-electron chi connectivity index (χ0n) is 18.4. The fourth-order valence-corrected chi connectivity index (χ4v) is 4.63. The molecule has 0 amide bonds. The van der Waals surface area contributed by atoms with Crippen molar-refractivity contribution in [3.8, 4) is 0 Å². The zero-order valence-corrected chi connectivity index (χ0v) is 20.4. The number of rotatable bonds is 14. The Morgan fingerprint density at radius 1 is 0.828 bits per heavy atom. The molecule has 0 atom stereocenters. The number of ether oxygens (including phenoxy) is 2. The van der Waals surface area contributed by atoms with Crippen LogP contribution in [-0.2, 0) is 45.6 Å². The molecule has 0 aromatic rings. The van der Waals surface area contributed by atoms with Gasteiger partial charge in [-0.3, -0.25) is 0 Å². The minimum Gasteiger partial charge on any atom is -0.463 e. The summed E-state index contributed by atoms with van der Waals surface area (Å²) in [6, 6.07) is 0.612. The predicted molar refractivity (Wildman–Crippen MR) is 110 cm³/mol. The highest BCUT2D eigenvalue weighted by Gasteiger charge is 2.40. The number of esters is 2. The fourth-order valence-electron chi connectivity index (χ4n) is 1.78. The average molecular weight is 455 g/mol. The van der Waals surface area contributed by atoms with Gasteiger partial charge in [0.15, 0.2) is 6.23 Å². The van der Waals surface area contributed by atoms with Crippen LogP contribution >= 0.6 is 0 Å². The van der Waals surface area contributed by atoms with E-state index < -0.39 is 29.5 Å². The highest BCUT2D eigenvalue weighted by molar-refractivity contribution is 6.60. The van der Waals surface area contributed by atoms with Crippen molar-refractivity contribution in [3.05, 3.63) is 24.8 Å². The standard InChI is InChI=1S/C9H18O5Si.C8H16O5Si/c1-5-9(10)14-7-6-8-15(11-2,12-3)13-4;1-7(2)8(9)13-6-14(10-3,11-4)12-5/h5H,1,6-8H2,2-4H3;1,6H2,2-5H3. The van der Waals surface area contributed by atoms with E-state index in [4.69, 9.17) is 36.0 Å². The molecule has 0 rings (SSSR count). The molecule has 12 heteroatoms. The van der Waals surface area contributed by atoms with Gasteiger partial charge in [-0.1, -0.05) is 13.2 Å². The molecule has 0 aromatic heterocycles. The quantitative estimate of drug-likeness (QED) is 0.166. The van der Waals surface area contributed by atoms with Crippen LogP contribution in [0.3, 0.4) is 0 Å². The van der Waals surface area contributed by atoms with Gasteiger partial charge >= 0.3 is 29.5 Å². The Labute approximate surface area is 175 Å². The van der Waals surface area contributed by atoms with Gasteiger partial charge in [0, 0.05) is 60.4 Å². The Balaban J connectivity index is 0. The van der Waals surface area contributed by atoms with Crippen molar-refractivity contribution in [2.75, 3.05) is 55.5 Å². The van der Waals surface area contributed by atoms with Crippen molar-refractivity contribution >= 4 is 29.5 Å². The molecule has 0 heterocycles. The first-order chi connectivity index (χ1) is 13.6. The third-order valence-electron chi connectivity index (χ3n) is 3.63. The predicted octanol–water partition coefficient (Wildman–Crippen LogP) is 1.51. The summed E-state index contributed by atoms with van der Waals surface area (Å²) in [5, 5.41) is 0. The van der Waals surface area contributed by atoms with Crippen molar-refractivity contribution < 1.29 is 45.6 Å². The second kappa shape index (κ2) is 16.4. The van der Waals surface area contributed by atoms with Gasteiger partial charge in [-0.15, -0.1) is 0 Å². The summed E-state index contributed by atoms with van der Waals surface area (Å²) in [4.78, 5) is 21.8. The molecule has 0 saturated carbocycles. The molecule has 0 N–H and O–H groups in total. The summed E-state index contributed by atoms with van der Waals surface area (Å²) in [7, 11) is 3.68. The van der Waals surface area contributed by atoms with E-state index in [1.807, 2.05) is 0 Å². The molecule has 0 aliphatic rings. The third kappa shape index (κ3) is 12.0. The number of carbonyl (C=O) groups excluding carboxylic acids is 2. The van der Waals surface area contributed by atoms with Crippen LogP contribution in [0.2, 0.25) is 6.04 Å². The van der Waals surface area contributed by atoms with Gasteiger partial charge in [-0.05, 0) is 13.3 Å². The molecule has 0 spiro atoms. The summed E-state index contributed by atoms with van der Waals surface area (Å²) in [5.41, 5.74) is 0.330. The van der Waals surface area contributed by atoms with Gasteiger partial charge in [0.1, 0.15) is 0 Å². The van der Waals surface area contributed by atoms with Crippen LogP contribution in [0, 0.1) is 0 Å². The Morgan fingerprint density at radius 3 is 1.62 bits per heavy atom. The Kier molecular flexibility index (Phi) is 16.9. The van der Waals surface area contributed by atoms with Crippen LogP contribution in [0.5, 0.6) is 0 Å². The molecule has 10 nitrogen and oxygen atoms in total. The van der Waals surface area contributed by atoms with Gasteiger partial charge < -0.3 is 36.0 Å². The summed E-state index contributed by atoms with van der Waals surface area (Å²) in [5.74, 6) is -0.900. The van der Waals surface area contributed by atoms with Crippen molar-refractivity contribution in [2.24, 2.45) is 0 Å². The van der Waals surface area contributed by atoms with Crippen LogP contribution in [0.25, 0.3) is 0 Å². The monoisotopic (exact) mass is 454 g/mol. The van der Waals surface area contributed by atoms with Crippen molar-refractivity contribution in [1.29, 1.82) is 0 Å². The maximum absolute atomic E-state index is 11.1. The first-order valence-electron chi connectivity index (χ1n) is 8.58. The van der Waals surface area contributed by atoms with E-state index in [0.717, 1.165) is 6.08 Å². The molecule has 0 saturated heterocycles. The maximum Gasteiger partial charge on any atom is 0.539 e. The molecule has 0 aliphatic heterocycles. The van der Waals surface area contributed by atoms with E-state index in [-0.39, 0.29) is 6.23 Å². The van der Waals surface area contributed by atoms with Crippen LogP contribution in [-0.4, -0.2) is 85.0 Å². The lowest BCUT2D eigenvalue weighted by Crippen LogP contribution is -2.48.